The molecule has 1 aromatic rings. The zero-order valence-electron chi connectivity index (χ0n) is 18.0. The molecule has 0 bridgehead atoms. The van der Waals surface area contributed by atoms with Gasteiger partial charge in [-0.2, -0.15) is 0 Å². The van der Waals surface area contributed by atoms with Crippen molar-refractivity contribution in [3.8, 4) is 0 Å². The summed E-state index contributed by atoms with van der Waals surface area (Å²) in [5, 5.41) is 2.98. The van der Waals surface area contributed by atoms with Gasteiger partial charge >= 0.3 is 0 Å². The van der Waals surface area contributed by atoms with E-state index < -0.39 is 28.9 Å². The fraction of sp³-hybridized carbons (Fsp3) is 0.636. The van der Waals surface area contributed by atoms with Crippen LogP contribution in [0.2, 0.25) is 0 Å². The zero-order valence-corrected chi connectivity index (χ0v) is 18.0. The molecule has 5 nitrogen and oxygen atoms in total. The van der Waals surface area contributed by atoms with Crippen LogP contribution in [0.25, 0.3) is 0 Å². The predicted octanol–water partition coefficient (Wildman–Crippen LogP) is 2.73. The molecule has 0 saturated carbocycles. The predicted molar refractivity (Wildman–Crippen MR) is 107 cm³/mol. The van der Waals surface area contributed by atoms with Crippen molar-refractivity contribution < 1.29 is 22.8 Å². The first-order valence-corrected chi connectivity index (χ1v) is 10.4. The van der Waals surface area contributed by atoms with Gasteiger partial charge in [0.05, 0.1) is 6.04 Å². The van der Waals surface area contributed by atoms with Crippen LogP contribution < -0.4 is 5.32 Å². The highest BCUT2D eigenvalue weighted by Crippen LogP contribution is 2.34. The van der Waals surface area contributed by atoms with E-state index in [1.165, 1.54) is 0 Å². The number of carbonyl (C=O) groups is 2. The normalized spacial score (nSPS) is 22.4. The largest absolute Gasteiger partial charge is 0.340 e. The fourth-order valence-corrected chi connectivity index (χ4v) is 4.50. The van der Waals surface area contributed by atoms with Gasteiger partial charge in [0.25, 0.3) is 0 Å². The number of benzene rings is 1. The number of amides is 2. The number of hydrogen-bond acceptors (Lipinski definition) is 3. The summed E-state index contributed by atoms with van der Waals surface area (Å²) in [5.74, 6) is -2.87. The van der Waals surface area contributed by atoms with Gasteiger partial charge in [-0.15, -0.1) is 0 Å². The lowest BCUT2D eigenvalue weighted by atomic mass is 9.95. The van der Waals surface area contributed by atoms with E-state index in [-0.39, 0.29) is 42.2 Å². The molecule has 166 valence electrons. The van der Waals surface area contributed by atoms with Gasteiger partial charge in [0.15, 0.2) is 11.6 Å². The Morgan fingerprint density at radius 1 is 1.13 bits per heavy atom. The van der Waals surface area contributed by atoms with Gasteiger partial charge < -0.3 is 15.1 Å². The number of hydrogen-bond donors (Lipinski definition) is 1. The molecule has 2 amide bonds. The second kappa shape index (κ2) is 8.57. The topological polar surface area (TPSA) is 52.7 Å². The molecule has 2 aliphatic heterocycles. The maximum Gasteiger partial charge on any atom is 0.228 e. The number of halogens is 3. The molecule has 1 N–H and O–H groups in total. The van der Waals surface area contributed by atoms with Crippen LogP contribution in [0.15, 0.2) is 12.1 Å². The second-order valence-corrected chi connectivity index (χ2v) is 9.41. The Labute approximate surface area is 175 Å². The minimum Gasteiger partial charge on any atom is -0.340 e. The van der Waals surface area contributed by atoms with Gasteiger partial charge in [0, 0.05) is 49.5 Å². The van der Waals surface area contributed by atoms with Crippen LogP contribution in [0.5, 0.6) is 0 Å². The van der Waals surface area contributed by atoms with E-state index in [2.05, 4.69) is 5.32 Å². The Kier molecular flexibility index (Phi) is 6.45. The van der Waals surface area contributed by atoms with Crippen molar-refractivity contribution in [2.24, 2.45) is 11.3 Å². The summed E-state index contributed by atoms with van der Waals surface area (Å²) < 4.78 is 40.6. The lowest BCUT2D eigenvalue weighted by Gasteiger charge is -2.29. The molecule has 2 fully saturated rings. The molecule has 1 aromatic carbocycles. The Morgan fingerprint density at radius 2 is 1.80 bits per heavy atom. The molecule has 2 saturated heterocycles. The van der Waals surface area contributed by atoms with Crippen LogP contribution in [0.3, 0.4) is 0 Å². The number of carbonyl (C=O) groups excluding carboxylic acids is 2. The Balaban J connectivity index is 1.64. The standard InChI is InChI=1S/C22H30F3N3O2/c1-22(2,3)21(30)27-11-13-5-6-28(19(13)12-27)20(29)9-15(26-4)7-14-8-17(24)18(25)10-16(14)23/h8,10,13,15,19,26H,5-7,9,11-12H2,1-4H3/t13-,15+,19+/m0/s1. The summed E-state index contributed by atoms with van der Waals surface area (Å²) in [4.78, 5) is 29.3. The molecule has 3 rings (SSSR count). The molecular formula is C22H30F3N3O2. The van der Waals surface area contributed by atoms with Crippen LogP contribution in [0.4, 0.5) is 13.2 Å². The summed E-state index contributed by atoms with van der Waals surface area (Å²) in [6, 6.07) is 0.966. The van der Waals surface area contributed by atoms with Crippen LogP contribution >= 0.6 is 0 Å². The second-order valence-electron chi connectivity index (χ2n) is 9.41. The van der Waals surface area contributed by atoms with Crippen molar-refractivity contribution in [2.75, 3.05) is 26.7 Å². The SMILES string of the molecule is CN[C@@H](CC(=O)N1CC[C@H]2CN(C(=O)C(C)(C)C)C[C@H]21)Cc1cc(F)c(F)cc1F. The lowest BCUT2D eigenvalue weighted by Crippen LogP contribution is -2.45. The summed E-state index contributed by atoms with van der Waals surface area (Å²) in [6.45, 7) is 7.51. The lowest BCUT2D eigenvalue weighted by molar-refractivity contribution is -0.140. The maximum absolute atomic E-state index is 14.0. The van der Waals surface area contributed by atoms with E-state index in [1.807, 2.05) is 30.6 Å². The molecule has 3 atom stereocenters. The minimum absolute atomic E-state index is 0.00121. The molecule has 0 aromatic heterocycles. The summed E-state index contributed by atoms with van der Waals surface area (Å²) in [7, 11) is 1.65. The summed E-state index contributed by atoms with van der Waals surface area (Å²) >= 11 is 0. The first kappa shape index (κ1) is 22.6. The Hall–Kier alpha value is -2.09. The van der Waals surface area contributed by atoms with Crippen LogP contribution in [0.1, 0.15) is 39.2 Å². The quantitative estimate of drug-likeness (QED) is 0.739. The highest BCUT2D eigenvalue weighted by molar-refractivity contribution is 5.82. The van der Waals surface area contributed by atoms with Crippen molar-refractivity contribution in [2.45, 2.75) is 52.1 Å². The van der Waals surface area contributed by atoms with Gasteiger partial charge in [-0.3, -0.25) is 9.59 Å². The van der Waals surface area contributed by atoms with E-state index in [1.54, 1.807) is 7.05 Å². The number of fused-ring (bicyclic) bond motifs is 1. The zero-order chi connectivity index (χ0) is 22.2. The summed E-state index contributed by atoms with van der Waals surface area (Å²) in [5.41, 5.74) is -0.428. The van der Waals surface area contributed by atoms with Crippen LogP contribution in [0, 0.1) is 28.8 Å². The van der Waals surface area contributed by atoms with Crippen molar-refractivity contribution in [1.82, 2.24) is 15.1 Å². The first-order chi connectivity index (χ1) is 14.0. The molecule has 8 heteroatoms. The Morgan fingerprint density at radius 3 is 2.43 bits per heavy atom. The van der Waals surface area contributed by atoms with E-state index in [0.29, 0.717) is 25.7 Å². The van der Waals surface area contributed by atoms with Gasteiger partial charge in [-0.1, -0.05) is 20.8 Å². The van der Waals surface area contributed by atoms with E-state index >= 15 is 0 Å². The summed E-state index contributed by atoms with van der Waals surface area (Å²) in [6.07, 6.45) is 1.04. The van der Waals surface area contributed by atoms with Crippen molar-refractivity contribution >= 4 is 11.8 Å². The van der Waals surface area contributed by atoms with Crippen LogP contribution in [-0.2, 0) is 16.0 Å². The highest BCUT2D eigenvalue weighted by Gasteiger charge is 2.46. The number of rotatable bonds is 5. The van der Waals surface area contributed by atoms with Gasteiger partial charge in [-0.05, 0) is 31.5 Å². The third-order valence-corrected chi connectivity index (χ3v) is 6.18. The third-order valence-electron chi connectivity index (χ3n) is 6.18. The smallest absolute Gasteiger partial charge is 0.228 e. The number of likely N-dealkylation sites (N-methyl/N-ethyl adjacent to an activating group) is 1. The fourth-order valence-electron chi connectivity index (χ4n) is 4.50. The third kappa shape index (κ3) is 4.63. The average molecular weight is 425 g/mol. The molecule has 0 spiro atoms. The molecule has 30 heavy (non-hydrogen) atoms. The van der Waals surface area contributed by atoms with Crippen molar-refractivity contribution in [1.29, 1.82) is 0 Å². The van der Waals surface area contributed by atoms with E-state index in [9.17, 15) is 22.8 Å². The van der Waals surface area contributed by atoms with Gasteiger partial charge in [0.1, 0.15) is 5.82 Å². The number of likely N-dealkylation sites (tertiary alicyclic amines) is 2. The molecule has 2 aliphatic rings. The monoisotopic (exact) mass is 425 g/mol. The molecule has 0 unspecified atom stereocenters. The van der Waals surface area contributed by atoms with E-state index in [4.69, 9.17) is 0 Å². The minimum atomic E-state index is -1.23. The number of nitrogens with zero attached hydrogens (tertiary/aromatic N) is 2. The van der Waals surface area contributed by atoms with Gasteiger partial charge in [-0.25, -0.2) is 13.2 Å². The van der Waals surface area contributed by atoms with Crippen molar-refractivity contribution in [3.63, 3.8) is 0 Å². The molecule has 0 radical (unpaired) electrons. The van der Waals surface area contributed by atoms with Crippen LogP contribution in [-0.4, -0.2) is 60.4 Å². The van der Waals surface area contributed by atoms with Crippen molar-refractivity contribution in [3.05, 3.63) is 35.1 Å². The maximum atomic E-state index is 14.0. The Bertz CT molecular complexity index is 825. The average Bonchev–Trinajstić information content (AvgIpc) is 3.24. The van der Waals surface area contributed by atoms with E-state index in [0.717, 1.165) is 12.5 Å². The highest BCUT2D eigenvalue weighted by atomic mass is 19.2. The molecule has 2 heterocycles. The number of nitrogens with one attached hydrogen (secondary N) is 1. The molecular weight excluding hydrogens is 395 g/mol. The molecule has 0 aliphatic carbocycles. The van der Waals surface area contributed by atoms with Gasteiger partial charge in [0.2, 0.25) is 11.8 Å². The first-order valence-electron chi connectivity index (χ1n) is 10.4.